The molecule has 0 fully saturated rings. The number of nitrogens with one attached hydrogen (secondary N) is 3. The lowest BCUT2D eigenvalue weighted by Crippen LogP contribution is -2.28. The molecule has 0 aromatic heterocycles. The van der Waals surface area contributed by atoms with E-state index < -0.39 is 0 Å². The summed E-state index contributed by atoms with van der Waals surface area (Å²) in [5, 5.41) is 13.4. The average molecular weight is 351 g/mol. The van der Waals surface area contributed by atoms with Crippen molar-refractivity contribution in [3.63, 3.8) is 0 Å². The fourth-order valence-electron chi connectivity index (χ4n) is 2.56. The molecule has 26 heavy (non-hydrogen) atoms. The molecular weight excluding hydrogens is 330 g/mol. The largest absolute Gasteiger partial charge is 0.492 e. The fourth-order valence-corrected chi connectivity index (χ4v) is 2.56. The van der Waals surface area contributed by atoms with Crippen LogP contribution >= 0.6 is 0 Å². The summed E-state index contributed by atoms with van der Waals surface area (Å²) in [5.74, 6) is 1.32. The smallest absolute Gasteiger partial charge is 0.251 e. The Labute approximate surface area is 151 Å². The van der Waals surface area contributed by atoms with Crippen LogP contribution in [-0.4, -0.2) is 43.8 Å². The number of hydrogen-bond donors (Lipinski definition) is 4. The van der Waals surface area contributed by atoms with Crippen LogP contribution in [0.15, 0.2) is 53.5 Å². The normalized spacial score (nSPS) is 12.8. The summed E-state index contributed by atoms with van der Waals surface area (Å²) < 4.78 is 5.58. The number of amides is 1. The van der Waals surface area contributed by atoms with Gasteiger partial charge in [0.2, 0.25) is 0 Å². The summed E-state index contributed by atoms with van der Waals surface area (Å²) in [4.78, 5) is 16.5. The molecule has 2 aromatic rings. The molecule has 0 radical (unpaired) electrons. The number of nitrogens with two attached hydrogens (primary N) is 1. The Balaban J connectivity index is 1.46. The van der Waals surface area contributed by atoms with Gasteiger partial charge < -0.3 is 21.1 Å². The van der Waals surface area contributed by atoms with Crippen LogP contribution in [0.5, 0.6) is 5.75 Å². The van der Waals surface area contributed by atoms with E-state index in [1.807, 2.05) is 12.1 Å². The van der Waals surface area contributed by atoms with E-state index >= 15 is 0 Å². The highest BCUT2D eigenvalue weighted by atomic mass is 16.5. The highest BCUT2D eigenvalue weighted by Gasteiger charge is 2.10. The number of benzene rings is 2. The SMILES string of the molecule is N=C(N)c1cccc(OCCNC(=O)c2ccc(C3=NCCN3)cc2)c1. The lowest BCUT2D eigenvalue weighted by atomic mass is 10.1. The quantitative estimate of drug-likeness (QED) is 0.340. The summed E-state index contributed by atoms with van der Waals surface area (Å²) in [7, 11) is 0. The molecular formula is C19H21N5O2. The van der Waals surface area contributed by atoms with Crippen molar-refractivity contribution in [2.24, 2.45) is 10.7 Å². The fraction of sp³-hybridized carbons (Fsp3) is 0.211. The Morgan fingerprint density at radius 1 is 1.23 bits per heavy atom. The zero-order valence-electron chi connectivity index (χ0n) is 14.3. The first-order chi connectivity index (χ1) is 12.6. The monoisotopic (exact) mass is 351 g/mol. The van der Waals surface area contributed by atoms with E-state index in [1.54, 1.807) is 36.4 Å². The number of hydrogen-bond acceptors (Lipinski definition) is 5. The lowest BCUT2D eigenvalue weighted by Gasteiger charge is -2.09. The lowest BCUT2D eigenvalue weighted by molar-refractivity contribution is 0.0947. The second kappa shape index (κ2) is 8.15. The van der Waals surface area contributed by atoms with Gasteiger partial charge in [-0.25, -0.2) is 0 Å². The molecule has 1 aliphatic rings. The zero-order chi connectivity index (χ0) is 18.4. The van der Waals surface area contributed by atoms with Crippen LogP contribution in [0.3, 0.4) is 0 Å². The molecule has 0 saturated carbocycles. The van der Waals surface area contributed by atoms with Gasteiger partial charge in [-0.3, -0.25) is 15.2 Å². The number of nitrogens with zero attached hydrogens (tertiary/aromatic N) is 1. The van der Waals surface area contributed by atoms with Gasteiger partial charge in [-0.15, -0.1) is 0 Å². The van der Waals surface area contributed by atoms with Crippen LogP contribution < -0.4 is 21.1 Å². The maximum Gasteiger partial charge on any atom is 0.251 e. The zero-order valence-corrected chi connectivity index (χ0v) is 14.3. The van der Waals surface area contributed by atoms with Crippen molar-refractivity contribution in [3.05, 3.63) is 65.2 Å². The average Bonchev–Trinajstić information content (AvgIpc) is 3.20. The molecule has 1 heterocycles. The summed E-state index contributed by atoms with van der Waals surface area (Å²) >= 11 is 0. The summed E-state index contributed by atoms with van der Waals surface area (Å²) in [5.41, 5.74) is 7.62. The Morgan fingerprint density at radius 2 is 2.04 bits per heavy atom. The molecule has 3 rings (SSSR count). The van der Waals surface area contributed by atoms with Crippen LogP contribution in [0.25, 0.3) is 0 Å². The van der Waals surface area contributed by atoms with Crippen molar-refractivity contribution in [2.45, 2.75) is 0 Å². The molecule has 5 N–H and O–H groups in total. The molecule has 0 aliphatic carbocycles. The van der Waals surface area contributed by atoms with Gasteiger partial charge in [-0.2, -0.15) is 0 Å². The number of carbonyl (C=O) groups excluding carboxylic acids is 1. The Morgan fingerprint density at radius 3 is 2.73 bits per heavy atom. The van der Waals surface area contributed by atoms with E-state index in [4.69, 9.17) is 15.9 Å². The van der Waals surface area contributed by atoms with Gasteiger partial charge >= 0.3 is 0 Å². The first kappa shape index (κ1) is 17.5. The van der Waals surface area contributed by atoms with Crippen molar-refractivity contribution in [1.29, 1.82) is 5.41 Å². The van der Waals surface area contributed by atoms with Crippen molar-refractivity contribution in [3.8, 4) is 5.75 Å². The number of amidine groups is 2. The van der Waals surface area contributed by atoms with Gasteiger partial charge in [0.1, 0.15) is 24.0 Å². The number of ether oxygens (including phenoxy) is 1. The van der Waals surface area contributed by atoms with E-state index in [2.05, 4.69) is 15.6 Å². The van der Waals surface area contributed by atoms with Gasteiger partial charge in [-0.1, -0.05) is 24.3 Å². The van der Waals surface area contributed by atoms with Crippen molar-refractivity contribution < 1.29 is 9.53 Å². The molecule has 2 aromatic carbocycles. The van der Waals surface area contributed by atoms with Crippen molar-refractivity contribution in [2.75, 3.05) is 26.2 Å². The van der Waals surface area contributed by atoms with Crippen molar-refractivity contribution in [1.82, 2.24) is 10.6 Å². The van der Waals surface area contributed by atoms with E-state index in [0.29, 0.717) is 30.0 Å². The van der Waals surface area contributed by atoms with E-state index in [0.717, 1.165) is 24.5 Å². The first-order valence-electron chi connectivity index (χ1n) is 8.38. The molecule has 7 nitrogen and oxygen atoms in total. The molecule has 1 amide bonds. The van der Waals surface area contributed by atoms with Gasteiger partial charge in [0.25, 0.3) is 5.91 Å². The molecule has 134 valence electrons. The first-order valence-corrected chi connectivity index (χ1v) is 8.38. The van der Waals surface area contributed by atoms with Gasteiger partial charge in [0.15, 0.2) is 0 Å². The molecule has 0 atom stereocenters. The summed E-state index contributed by atoms with van der Waals surface area (Å²) in [6.45, 7) is 2.34. The molecule has 0 saturated heterocycles. The highest BCUT2D eigenvalue weighted by molar-refractivity contribution is 6.01. The molecule has 1 aliphatic heterocycles. The molecule has 0 spiro atoms. The van der Waals surface area contributed by atoms with Gasteiger partial charge in [-0.05, 0) is 24.3 Å². The third-order valence-electron chi connectivity index (χ3n) is 3.90. The summed E-state index contributed by atoms with van der Waals surface area (Å²) in [6.07, 6.45) is 0. The number of rotatable bonds is 7. The third kappa shape index (κ3) is 4.38. The van der Waals surface area contributed by atoms with E-state index in [1.165, 1.54) is 0 Å². The highest BCUT2D eigenvalue weighted by Crippen LogP contribution is 2.12. The molecule has 0 bridgehead atoms. The second-order valence-electron chi connectivity index (χ2n) is 5.78. The van der Waals surface area contributed by atoms with E-state index in [9.17, 15) is 4.79 Å². The minimum absolute atomic E-state index is 0.00836. The van der Waals surface area contributed by atoms with Crippen LogP contribution in [0.4, 0.5) is 0 Å². The maximum atomic E-state index is 12.2. The van der Waals surface area contributed by atoms with Gasteiger partial charge in [0.05, 0.1) is 13.1 Å². The van der Waals surface area contributed by atoms with Crippen LogP contribution in [-0.2, 0) is 0 Å². The van der Waals surface area contributed by atoms with Crippen molar-refractivity contribution >= 4 is 17.6 Å². The third-order valence-corrected chi connectivity index (χ3v) is 3.90. The second-order valence-corrected chi connectivity index (χ2v) is 5.78. The maximum absolute atomic E-state index is 12.2. The predicted molar refractivity (Wildman–Crippen MR) is 101 cm³/mol. The minimum Gasteiger partial charge on any atom is -0.492 e. The number of aliphatic imine (C=N–C) groups is 1. The van der Waals surface area contributed by atoms with Gasteiger partial charge in [0, 0.05) is 23.2 Å². The van der Waals surface area contributed by atoms with Crippen LogP contribution in [0.2, 0.25) is 0 Å². The molecule has 7 heteroatoms. The standard InChI is InChI=1S/C19H21N5O2/c20-17(21)15-2-1-3-16(12-15)26-11-10-24-19(25)14-6-4-13(5-7-14)18-22-8-9-23-18/h1-7,12H,8-11H2,(H3,20,21)(H,22,23)(H,24,25). The Kier molecular flexibility index (Phi) is 5.48. The summed E-state index contributed by atoms with van der Waals surface area (Å²) in [6, 6.07) is 14.3. The Bertz CT molecular complexity index is 830. The minimum atomic E-state index is -0.154. The predicted octanol–water partition coefficient (Wildman–Crippen LogP) is 1.13. The Hall–Kier alpha value is -3.35. The molecule has 0 unspecified atom stereocenters. The van der Waals surface area contributed by atoms with Crippen LogP contribution in [0.1, 0.15) is 21.5 Å². The topological polar surface area (TPSA) is 113 Å². The van der Waals surface area contributed by atoms with E-state index in [-0.39, 0.29) is 11.7 Å². The van der Waals surface area contributed by atoms with Crippen LogP contribution in [0, 0.1) is 5.41 Å². The number of nitrogen functional groups attached to an aromatic ring is 1. The number of carbonyl (C=O) groups is 1.